The SMILES string of the molecule is CCCNCC(C)CN(CCC(C)C)CCC(C)C. The topological polar surface area (TPSA) is 15.3 Å². The molecule has 19 heavy (non-hydrogen) atoms. The van der Waals surface area contributed by atoms with Gasteiger partial charge in [-0.3, -0.25) is 0 Å². The van der Waals surface area contributed by atoms with Gasteiger partial charge in [-0.2, -0.15) is 0 Å². The summed E-state index contributed by atoms with van der Waals surface area (Å²) in [6.45, 7) is 20.0. The van der Waals surface area contributed by atoms with Crippen molar-refractivity contribution in [2.75, 3.05) is 32.7 Å². The largest absolute Gasteiger partial charge is 0.316 e. The fraction of sp³-hybridized carbons (Fsp3) is 1.00. The molecule has 0 rings (SSSR count). The molecule has 0 amide bonds. The Bertz CT molecular complexity index is 178. The number of nitrogens with one attached hydrogen (secondary N) is 1. The molecule has 2 heteroatoms. The van der Waals surface area contributed by atoms with Crippen LogP contribution in [0.1, 0.15) is 60.8 Å². The standard InChI is InChI=1S/C17H38N2/c1-7-10-18-13-17(6)14-19(11-8-15(2)3)12-9-16(4)5/h15-18H,7-14H2,1-6H3. The number of nitrogens with zero attached hydrogens (tertiary/aromatic N) is 1. The number of hydrogen-bond donors (Lipinski definition) is 1. The Kier molecular flexibility index (Phi) is 11.7. The van der Waals surface area contributed by atoms with Crippen LogP contribution in [0.2, 0.25) is 0 Å². The van der Waals surface area contributed by atoms with Gasteiger partial charge in [0, 0.05) is 6.54 Å². The molecule has 0 aromatic heterocycles. The van der Waals surface area contributed by atoms with Crippen molar-refractivity contribution in [1.82, 2.24) is 10.2 Å². The van der Waals surface area contributed by atoms with Crippen LogP contribution in [0.3, 0.4) is 0 Å². The molecule has 0 saturated heterocycles. The summed E-state index contributed by atoms with van der Waals surface area (Å²) >= 11 is 0. The highest BCUT2D eigenvalue weighted by Gasteiger charge is 2.11. The molecule has 116 valence electrons. The van der Waals surface area contributed by atoms with Crippen molar-refractivity contribution in [3.63, 3.8) is 0 Å². The average Bonchev–Trinajstić information content (AvgIpc) is 2.32. The Morgan fingerprint density at radius 2 is 1.42 bits per heavy atom. The first-order valence-corrected chi connectivity index (χ1v) is 8.38. The van der Waals surface area contributed by atoms with Crippen LogP contribution in [0, 0.1) is 17.8 Å². The van der Waals surface area contributed by atoms with Crippen molar-refractivity contribution in [3.8, 4) is 0 Å². The van der Waals surface area contributed by atoms with Gasteiger partial charge in [-0.25, -0.2) is 0 Å². The van der Waals surface area contributed by atoms with Gasteiger partial charge in [0.1, 0.15) is 0 Å². The normalized spacial score (nSPS) is 13.7. The Morgan fingerprint density at radius 1 is 0.895 bits per heavy atom. The highest BCUT2D eigenvalue weighted by molar-refractivity contribution is 4.67. The minimum Gasteiger partial charge on any atom is -0.316 e. The molecule has 0 radical (unpaired) electrons. The molecule has 2 nitrogen and oxygen atoms in total. The predicted octanol–water partition coefficient (Wildman–Crippen LogP) is 4.02. The predicted molar refractivity (Wildman–Crippen MR) is 87.7 cm³/mol. The Morgan fingerprint density at radius 3 is 1.84 bits per heavy atom. The summed E-state index contributed by atoms with van der Waals surface area (Å²) in [5, 5.41) is 3.54. The van der Waals surface area contributed by atoms with Gasteiger partial charge in [0.25, 0.3) is 0 Å². The van der Waals surface area contributed by atoms with Crippen molar-refractivity contribution in [2.24, 2.45) is 17.8 Å². The van der Waals surface area contributed by atoms with E-state index in [1.165, 1.54) is 38.9 Å². The van der Waals surface area contributed by atoms with E-state index in [1.54, 1.807) is 0 Å². The van der Waals surface area contributed by atoms with E-state index < -0.39 is 0 Å². The van der Waals surface area contributed by atoms with Crippen molar-refractivity contribution in [2.45, 2.75) is 60.8 Å². The van der Waals surface area contributed by atoms with Gasteiger partial charge in [-0.15, -0.1) is 0 Å². The Labute approximate surface area is 122 Å². The van der Waals surface area contributed by atoms with Crippen LogP contribution in [0.25, 0.3) is 0 Å². The maximum atomic E-state index is 3.54. The van der Waals surface area contributed by atoms with Gasteiger partial charge in [0.15, 0.2) is 0 Å². The van der Waals surface area contributed by atoms with Gasteiger partial charge in [-0.1, -0.05) is 41.5 Å². The number of hydrogen-bond acceptors (Lipinski definition) is 2. The molecule has 1 atom stereocenters. The summed E-state index contributed by atoms with van der Waals surface area (Å²) in [7, 11) is 0. The molecular weight excluding hydrogens is 232 g/mol. The monoisotopic (exact) mass is 270 g/mol. The van der Waals surface area contributed by atoms with E-state index in [0.29, 0.717) is 0 Å². The van der Waals surface area contributed by atoms with Gasteiger partial charge >= 0.3 is 0 Å². The molecule has 0 aliphatic rings. The fourth-order valence-electron chi connectivity index (χ4n) is 2.21. The lowest BCUT2D eigenvalue weighted by Gasteiger charge is -2.27. The van der Waals surface area contributed by atoms with Crippen LogP contribution >= 0.6 is 0 Å². The van der Waals surface area contributed by atoms with E-state index in [1.807, 2.05) is 0 Å². The molecular formula is C17H38N2. The summed E-state index contributed by atoms with van der Waals surface area (Å²) in [5.41, 5.74) is 0. The third kappa shape index (κ3) is 12.7. The van der Waals surface area contributed by atoms with Gasteiger partial charge in [0.05, 0.1) is 0 Å². The lowest BCUT2D eigenvalue weighted by Crippen LogP contribution is -2.35. The van der Waals surface area contributed by atoms with Crippen LogP contribution in [-0.4, -0.2) is 37.6 Å². The smallest absolute Gasteiger partial charge is 0.00191 e. The van der Waals surface area contributed by atoms with E-state index >= 15 is 0 Å². The Hall–Kier alpha value is -0.0800. The van der Waals surface area contributed by atoms with E-state index in [-0.39, 0.29) is 0 Å². The van der Waals surface area contributed by atoms with Crippen molar-refractivity contribution >= 4 is 0 Å². The first-order chi connectivity index (χ1) is 8.95. The van der Waals surface area contributed by atoms with Crippen LogP contribution in [0.15, 0.2) is 0 Å². The molecule has 0 aliphatic carbocycles. The summed E-state index contributed by atoms with van der Waals surface area (Å²) < 4.78 is 0. The molecule has 0 heterocycles. The van der Waals surface area contributed by atoms with Crippen molar-refractivity contribution < 1.29 is 0 Å². The van der Waals surface area contributed by atoms with E-state index in [2.05, 4.69) is 51.8 Å². The molecule has 0 bridgehead atoms. The Balaban J connectivity index is 4.00. The molecule has 0 fully saturated rings. The summed E-state index contributed by atoms with van der Waals surface area (Å²) in [6.07, 6.45) is 3.89. The van der Waals surface area contributed by atoms with E-state index in [9.17, 15) is 0 Å². The molecule has 0 aromatic rings. The molecule has 0 aromatic carbocycles. The number of rotatable bonds is 12. The zero-order valence-corrected chi connectivity index (χ0v) is 14.3. The van der Waals surface area contributed by atoms with Crippen LogP contribution in [0.5, 0.6) is 0 Å². The lowest BCUT2D eigenvalue weighted by atomic mass is 10.1. The molecule has 0 spiro atoms. The van der Waals surface area contributed by atoms with Crippen molar-refractivity contribution in [3.05, 3.63) is 0 Å². The molecule has 1 unspecified atom stereocenters. The summed E-state index contributed by atoms with van der Waals surface area (Å²) in [5.74, 6) is 2.39. The second kappa shape index (κ2) is 11.7. The maximum absolute atomic E-state index is 3.54. The lowest BCUT2D eigenvalue weighted by molar-refractivity contribution is 0.212. The van der Waals surface area contributed by atoms with Gasteiger partial charge in [0.2, 0.25) is 0 Å². The first kappa shape index (κ1) is 18.9. The fourth-order valence-corrected chi connectivity index (χ4v) is 2.21. The molecule has 0 saturated carbocycles. The van der Waals surface area contributed by atoms with E-state index in [0.717, 1.165) is 30.8 Å². The summed E-state index contributed by atoms with van der Waals surface area (Å²) in [6, 6.07) is 0. The quantitative estimate of drug-likeness (QED) is 0.539. The maximum Gasteiger partial charge on any atom is 0.00191 e. The average molecular weight is 271 g/mol. The summed E-state index contributed by atoms with van der Waals surface area (Å²) in [4.78, 5) is 2.68. The zero-order chi connectivity index (χ0) is 14.7. The zero-order valence-electron chi connectivity index (χ0n) is 14.3. The van der Waals surface area contributed by atoms with Gasteiger partial charge in [-0.05, 0) is 63.2 Å². The third-order valence-corrected chi connectivity index (χ3v) is 3.53. The molecule has 0 aliphatic heterocycles. The van der Waals surface area contributed by atoms with Crippen LogP contribution < -0.4 is 5.32 Å². The third-order valence-electron chi connectivity index (χ3n) is 3.53. The van der Waals surface area contributed by atoms with Crippen LogP contribution in [0.4, 0.5) is 0 Å². The van der Waals surface area contributed by atoms with Gasteiger partial charge < -0.3 is 10.2 Å². The molecule has 1 N–H and O–H groups in total. The van der Waals surface area contributed by atoms with Crippen molar-refractivity contribution in [1.29, 1.82) is 0 Å². The first-order valence-electron chi connectivity index (χ1n) is 8.38. The highest BCUT2D eigenvalue weighted by atomic mass is 15.1. The highest BCUT2D eigenvalue weighted by Crippen LogP contribution is 2.09. The minimum absolute atomic E-state index is 0.755. The van der Waals surface area contributed by atoms with Crippen LogP contribution in [-0.2, 0) is 0 Å². The second-order valence-electron chi connectivity index (χ2n) is 6.97. The van der Waals surface area contributed by atoms with E-state index in [4.69, 9.17) is 0 Å². The second-order valence-corrected chi connectivity index (χ2v) is 6.97. The minimum atomic E-state index is 0.755.